The van der Waals surface area contributed by atoms with Crippen molar-refractivity contribution in [2.24, 2.45) is 5.73 Å². The lowest BCUT2D eigenvalue weighted by Gasteiger charge is -2.13. The van der Waals surface area contributed by atoms with E-state index in [1.807, 2.05) is 30.3 Å². The highest BCUT2D eigenvalue weighted by molar-refractivity contribution is 9.10. The van der Waals surface area contributed by atoms with Crippen LogP contribution in [0.2, 0.25) is 0 Å². The molecular formula is C17H19Br2NO. The molecule has 0 spiro atoms. The lowest BCUT2D eigenvalue weighted by atomic mass is 10.0. The first kappa shape index (κ1) is 16.5. The lowest BCUT2D eigenvalue weighted by molar-refractivity contribution is 0.305. The lowest BCUT2D eigenvalue weighted by Crippen LogP contribution is -2.21. The van der Waals surface area contributed by atoms with E-state index in [1.54, 1.807) is 0 Å². The number of ether oxygens (including phenoxy) is 1. The molecule has 2 nitrogen and oxygen atoms in total. The summed E-state index contributed by atoms with van der Waals surface area (Å²) < 4.78 is 8.04. The smallest absolute Gasteiger partial charge is 0.120 e. The van der Waals surface area contributed by atoms with Crippen LogP contribution >= 0.6 is 31.9 Å². The van der Waals surface area contributed by atoms with Crippen LogP contribution in [0.3, 0.4) is 0 Å². The zero-order valence-corrected chi connectivity index (χ0v) is 15.2. The third kappa shape index (κ3) is 4.83. The predicted octanol–water partition coefficient (Wildman–Crippen LogP) is 5.07. The highest BCUT2D eigenvalue weighted by atomic mass is 79.9. The topological polar surface area (TPSA) is 35.2 Å². The summed E-state index contributed by atoms with van der Waals surface area (Å²) in [4.78, 5) is 0. The minimum absolute atomic E-state index is 0.180. The molecule has 21 heavy (non-hydrogen) atoms. The molecule has 0 aliphatic rings. The molecule has 1 unspecified atom stereocenters. The van der Waals surface area contributed by atoms with E-state index in [0.717, 1.165) is 33.1 Å². The summed E-state index contributed by atoms with van der Waals surface area (Å²) in [6.45, 7) is 2.65. The van der Waals surface area contributed by atoms with Gasteiger partial charge in [0, 0.05) is 20.6 Å². The average Bonchev–Trinajstić information content (AvgIpc) is 2.49. The van der Waals surface area contributed by atoms with E-state index in [2.05, 4.69) is 50.9 Å². The maximum Gasteiger partial charge on any atom is 0.120 e. The number of halogens is 2. The fraction of sp³-hybridized carbons (Fsp3) is 0.294. The van der Waals surface area contributed by atoms with Gasteiger partial charge >= 0.3 is 0 Å². The van der Waals surface area contributed by atoms with Crippen molar-refractivity contribution in [3.05, 3.63) is 62.5 Å². The summed E-state index contributed by atoms with van der Waals surface area (Å²) in [6, 6.07) is 14.3. The van der Waals surface area contributed by atoms with Crippen molar-refractivity contribution in [3.8, 4) is 5.75 Å². The fourth-order valence-corrected chi connectivity index (χ4v) is 2.81. The molecular weight excluding hydrogens is 394 g/mol. The number of benzene rings is 2. The van der Waals surface area contributed by atoms with Gasteiger partial charge < -0.3 is 10.5 Å². The maximum atomic E-state index is 6.04. The largest absolute Gasteiger partial charge is 0.489 e. The van der Waals surface area contributed by atoms with Crippen molar-refractivity contribution < 1.29 is 4.74 Å². The molecule has 112 valence electrons. The molecule has 0 bridgehead atoms. The van der Waals surface area contributed by atoms with E-state index in [1.165, 1.54) is 5.56 Å². The monoisotopic (exact) mass is 411 g/mol. The Bertz CT molecular complexity index is 601. The average molecular weight is 413 g/mol. The fourth-order valence-electron chi connectivity index (χ4n) is 2.00. The van der Waals surface area contributed by atoms with Crippen LogP contribution in [0, 0.1) is 0 Å². The standard InChI is InChI=1S/C17H19Br2NO/c1-2-14(20)9-13-10-15(7-8-17(13)19)21-11-12-5-3-4-6-16(12)18/h3-8,10,14H,2,9,11,20H2,1H3. The van der Waals surface area contributed by atoms with Crippen molar-refractivity contribution in [3.63, 3.8) is 0 Å². The third-order valence-electron chi connectivity index (χ3n) is 3.38. The Balaban J connectivity index is 2.07. The second-order valence-electron chi connectivity index (χ2n) is 5.01. The zero-order chi connectivity index (χ0) is 15.2. The molecule has 0 aromatic heterocycles. The second kappa shape index (κ2) is 7.97. The van der Waals surface area contributed by atoms with Crippen LogP contribution < -0.4 is 10.5 Å². The van der Waals surface area contributed by atoms with Crippen LogP contribution in [-0.4, -0.2) is 6.04 Å². The minimum Gasteiger partial charge on any atom is -0.489 e. The molecule has 4 heteroatoms. The maximum absolute atomic E-state index is 6.04. The van der Waals surface area contributed by atoms with Gasteiger partial charge in [-0.2, -0.15) is 0 Å². The third-order valence-corrected chi connectivity index (χ3v) is 4.92. The highest BCUT2D eigenvalue weighted by Crippen LogP contribution is 2.25. The van der Waals surface area contributed by atoms with Gasteiger partial charge in [0.2, 0.25) is 0 Å². The van der Waals surface area contributed by atoms with Gasteiger partial charge in [-0.05, 0) is 42.7 Å². The van der Waals surface area contributed by atoms with E-state index < -0.39 is 0 Å². The summed E-state index contributed by atoms with van der Waals surface area (Å²) in [6.07, 6.45) is 1.82. The highest BCUT2D eigenvalue weighted by Gasteiger charge is 2.08. The van der Waals surface area contributed by atoms with Gasteiger partial charge in [0.25, 0.3) is 0 Å². The molecule has 0 fully saturated rings. The van der Waals surface area contributed by atoms with E-state index >= 15 is 0 Å². The Morgan fingerprint density at radius 3 is 2.48 bits per heavy atom. The van der Waals surface area contributed by atoms with E-state index in [0.29, 0.717) is 6.61 Å². The van der Waals surface area contributed by atoms with Gasteiger partial charge in [-0.3, -0.25) is 0 Å². The molecule has 1 atom stereocenters. The SMILES string of the molecule is CCC(N)Cc1cc(OCc2ccccc2Br)ccc1Br. The van der Waals surface area contributed by atoms with Gasteiger partial charge in [0.05, 0.1) is 0 Å². The predicted molar refractivity (Wildman–Crippen MR) is 94.6 cm³/mol. The van der Waals surface area contributed by atoms with Crippen molar-refractivity contribution in [1.82, 2.24) is 0 Å². The molecule has 0 saturated carbocycles. The molecule has 0 aliphatic carbocycles. The van der Waals surface area contributed by atoms with Crippen LogP contribution in [0.25, 0.3) is 0 Å². The summed E-state index contributed by atoms with van der Waals surface area (Å²) in [5.74, 6) is 0.868. The molecule has 2 aromatic carbocycles. The number of rotatable bonds is 6. The normalized spacial score (nSPS) is 12.2. The number of hydrogen-bond acceptors (Lipinski definition) is 2. The second-order valence-corrected chi connectivity index (χ2v) is 6.71. The van der Waals surface area contributed by atoms with Gasteiger partial charge in [0.15, 0.2) is 0 Å². The van der Waals surface area contributed by atoms with Crippen LogP contribution in [0.5, 0.6) is 5.75 Å². The van der Waals surface area contributed by atoms with E-state index in [4.69, 9.17) is 10.5 Å². The van der Waals surface area contributed by atoms with Gasteiger partial charge in [-0.15, -0.1) is 0 Å². The first-order valence-electron chi connectivity index (χ1n) is 7.00. The number of nitrogens with two attached hydrogens (primary N) is 1. The molecule has 0 saturated heterocycles. The Labute approximate surface area is 143 Å². The molecule has 0 amide bonds. The Hall–Kier alpha value is -0.840. The number of hydrogen-bond donors (Lipinski definition) is 1. The molecule has 2 aromatic rings. The molecule has 0 radical (unpaired) electrons. The molecule has 0 heterocycles. The summed E-state index contributed by atoms with van der Waals surface area (Å²) in [5, 5.41) is 0. The Morgan fingerprint density at radius 1 is 1.05 bits per heavy atom. The van der Waals surface area contributed by atoms with Crippen molar-refractivity contribution in [2.75, 3.05) is 0 Å². The van der Waals surface area contributed by atoms with E-state index in [9.17, 15) is 0 Å². The van der Waals surface area contributed by atoms with Crippen molar-refractivity contribution in [1.29, 1.82) is 0 Å². The van der Waals surface area contributed by atoms with Crippen molar-refractivity contribution >= 4 is 31.9 Å². The van der Waals surface area contributed by atoms with E-state index in [-0.39, 0.29) is 6.04 Å². The first-order valence-corrected chi connectivity index (χ1v) is 8.59. The quantitative estimate of drug-likeness (QED) is 0.718. The van der Waals surface area contributed by atoms with Crippen molar-refractivity contribution in [2.45, 2.75) is 32.4 Å². The van der Waals surface area contributed by atoms with Gasteiger partial charge in [-0.1, -0.05) is 57.0 Å². The summed E-state index contributed by atoms with van der Waals surface area (Å²) in [5.41, 5.74) is 8.36. The first-order chi connectivity index (χ1) is 10.1. The molecule has 2 N–H and O–H groups in total. The zero-order valence-electron chi connectivity index (χ0n) is 12.0. The van der Waals surface area contributed by atoms with Gasteiger partial charge in [-0.25, -0.2) is 0 Å². The Morgan fingerprint density at radius 2 is 1.76 bits per heavy atom. The summed E-state index contributed by atoms with van der Waals surface area (Å²) >= 11 is 7.11. The molecule has 2 rings (SSSR count). The molecule has 0 aliphatic heterocycles. The van der Waals surface area contributed by atoms with Gasteiger partial charge in [0.1, 0.15) is 12.4 Å². The minimum atomic E-state index is 0.180. The van der Waals surface area contributed by atoms with Crippen LogP contribution in [-0.2, 0) is 13.0 Å². The Kier molecular flexibility index (Phi) is 6.27. The summed E-state index contributed by atoms with van der Waals surface area (Å²) in [7, 11) is 0. The van der Waals surface area contributed by atoms with Crippen LogP contribution in [0.4, 0.5) is 0 Å². The van der Waals surface area contributed by atoms with Crippen LogP contribution in [0.15, 0.2) is 51.4 Å². The van der Waals surface area contributed by atoms with Crippen LogP contribution in [0.1, 0.15) is 24.5 Å².